The summed E-state index contributed by atoms with van der Waals surface area (Å²) >= 11 is 0. The van der Waals surface area contributed by atoms with Crippen molar-refractivity contribution < 1.29 is 13.9 Å². The van der Waals surface area contributed by atoms with Crippen molar-refractivity contribution in [3.8, 4) is 17.0 Å². The van der Waals surface area contributed by atoms with Crippen molar-refractivity contribution in [1.29, 1.82) is 0 Å². The smallest absolute Gasteiger partial charge is 0.135 e. The Labute approximate surface area is 169 Å². The average molecular weight is 393 g/mol. The number of halogens is 1. The van der Waals surface area contributed by atoms with E-state index in [-0.39, 0.29) is 11.4 Å². The van der Waals surface area contributed by atoms with Crippen LogP contribution in [-0.4, -0.2) is 40.3 Å². The highest BCUT2D eigenvalue weighted by Crippen LogP contribution is 2.35. The van der Waals surface area contributed by atoms with Gasteiger partial charge in [0.15, 0.2) is 0 Å². The van der Waals surface area contributed by atoms with Crippen LogP contribution in [0.25, 0.3) is 11.3 Å². The SMILES string of the molecule is COc1ccc(CN2CCC3(C2)Cn2c(-c4ccc(F)cc4)cnc2CO3)cc1. The Balaban J connectivity index is 1.32. The fourth-order valence-electron chi connectivity index (χ4n) is 4.41. The third-order valence-electron chi connectivity index (χ3n) is 5.99. The van der Waals surface area contributed by atoms with Crippen molar-refractivity contribution in [3.05, 3.63) is 71.9 Å². The van der Waals surface area contributed by atoms with Crippen molar-refractivity contribution >= 4 is 0 Å². The van der Waals surface area contributed by atoms with Crippen LogP contribution >= 0.6 is 0 Å². The molecule has 0 amide bonds. The average Bonchev–Trinajstić information content (AvgIpc) is 3.33. The molecule has 150 valence electrons. The lowest BCUT2D eigenvalue weighted by Crippen LogP contribution is -2.44. The number of fused-ring (bicyclic) bond motifs is 1. The highest BCUT2D eigenvalue weighted by atomic mass is 19.1. The first-order chi connectivity index (χ1) is 14.1. The van der Waals surface area contributed by atoms with Crippen molar-refractivity contribution in [3.63, 3.8) is 0 Å². The largest absolute Gasteiger partial charge is 0.497 e. The minimum atomic E-state index is -0.225. The summed E-state index contributed by atoms with van der Waals surface area (Å²) in [6, 6.07) is 14.9. The molecule has 0 N–H and O–H groups in total. The van der Waals surface area contributed by atoms with Gasteiger partial charge < -0.3 is 14.0 Å². The van der Waals surface area contributed by atoms with Gasteiger partial charge in [0, 0.05) is 19.6 Å². The van der Waals surface area contributed by atoms with Gasteiger partial charge in [-0.25, -0.2) is 9.37 Å². The summed E-state index contributed by atoms with van der Waals surface area (Å²) in [5.41, 5.74) is 3.08. The molecule has 2 aliphatic heterocycles. The topological polar surface area (TPSA) is 39.5 Å². The van der Waals surface area contributed by atoms with Crippen LogP contribution in [0, 0.1) is 5.82 Å². The number of hydrogen-bond acceptors (Lipinski definition) is 4. The van der Waals surface area contributed by atoms with Gasteiger partial charge in [0.05, 0.1) is 25.5 Å². The first-order valence-electron chi connectivity index (χ1n) is 9.94. The molecule has 5 nitrogen and oxygen atoms in total. The van der Waals surface area contributed by atoms with Crippen LogP contribution in [0.3, 0.4) is 0 Å². The van der Waals surface area contributed by atoms with Gasteiger partial charge in [-0.05, 0) is 53.9 Å². The molecule has 2 aromatic carbocycles. The number of likely N-dealkylation sites (tertiary alicyclic amines) is 1. The summed E-state index contributed by atoms with van der Waals surface area (Å²) in [5, 5.41) is 0. The quantitative estimate of drug-likeness (QED) is 0.675. The monoisotopic (exact) mass is 393 g/mol. The number of rotatable bonds is 4. The summed E-state index contributed by atoms with van der Waals surface area (Å²) in [4.78, 5) is 6.98. The highest BCUT2D eigenvalue weighted by molar-refractivity contribution is 5.59. The van der Waals surface area contributed by atoms with Gasteiger partial charge in [0.2, 0.25) is 0 Å². The number of methoxy groups -OCH3 is 1. The second-order valence-electron chi connectivity index (χ2n) is 7.93. The molecule has 3 aromatic rings. The molecule has 0 saturated carbocycles. The molecule has 3 heterocycles. The Kier molecular flexibility index (Phi) is 4.60. The Morgan fingerprint density at radius 1 is 1.10 bits per heavy atom. The van der Waals surface area contributed by atoms with E-state index in [1.165, 1.54) is 17.7 Å². The Morgan fingerprint density at radius 2 is 1.90 bits per heavy atom. The number of hydrogen-bond donors (Lipinski definition) is 0. The van der Waals surface area contributed by atoms with Gasteiger partial charge in [0.1, 0.15) is 29.6 Å². The van der Waals surface area contributed by atoms with E-state index in [4.69, 9.17) is 9.47 Å². The van der Waals surface area contributed by atoms with Crippen LogP contribution in [-0.2, 0) is 24.4 Å². The second kappa shape index (κ2) is 7.28. The molecule has 2 aliphatic rings. The van der Waals surface area contributed by atoms with Crippen LogP contribution in [0.1, 0.15) is 17.8 Å². The number of aromatic nitrogens is 2. The minimum absolute atomic E-state index is 0.199. The molecule has 0 radical (unpaired) electrons. The predicted octanol–water partition coefficient (Wildman–Crippen LogP) is 3.87. The summed E-state index contributed by atoms with van der Waals surface area (Å²) in [7, 11) is 1.68. The molecule has 29 heavy (non-hydrogen) atoms. The van der Waals surface area contributed by atoms with Crippen LogP contribution in [0.15, 0.2) is 54.7 Å². The van der Waals surface area contributed by atoms with Crippen LogP contribution in [0.5, 0.6) is 5.75 Å². The fourth-order valence-corrected chi connectivity index (χ4v) is 4.41. The van der Waals surface area contributed by atoms with Gasteiger partial charge in [-0.3, -0.25) is 4.90 Å². The van der Waals surface area contributed by atoms with Gasteiger partial charge >= 0.3 is 0 Å². The molecular weight excluding hydrogens is 369 g/mol. The Bertz CT molecular complexity index is 1000. The number of nitrogens with zero attached hydrogens (tertiary/aromatic N) is 3. The first kappa shape index (κ1) is 18.3. The molecule has 1 unspecified atom stereocenters. The maximum Gasteiger partial charge on any atom is 0.135 e. The summed E-state index contributed by atoms with van der Waals surface area (Å²) in [6.07, 6.45) is 2.86. The zero-order valence-electron chi connectivity index (χ0n) is 16.5. The highest BCUT2D eigenvalue weighted by Gasteiger charge is 2.43. The van der Waals surface area contributed by atoms with Gasteiger partial charge in [-0.2, -0.15) is 0 Å². The van der Waals surface area contributed by atoms with E-state index < -0.39 is 0 Å². The van der Waals surface area contributed by atoms with Crippen LogP contribution < -0.4 is 4.74 Å². The molecule has 5 rings (SSSR count). The zero-order valence-corrected chi connectivity index (χ0v) is 16.5. The van der Waals surface area contributed by atoms with Gasteiger partial charge in [-0.15, -0.1) is 0 Å². The van der Waals surface area contributed by atoms with Gasteiger partial charge in [-0.1, -0.05) is 12.1 Å². The molecule has 1 fully saturated rings. The van der Waals surface area contributed by atoms with E-state index in [1.54, 1.807) is 7.11 Å². The lowest BCUT2D eigenvalue weighted by Gasteiger charge is -2.35. The van der Waals surface area contributed by atoms with Gasteiger partial charge in [0.25, 0.3) is 0 Å². The molecule has 0 bridgehead atoms. The Morgan fingerprint density at radius 3 is 2.66 bits per heavy atom. The van der Waals surface area contributed by atoms with Crippen molar-refractivity contribution in [2.24, 2.45) is 0 Å². The molecule has 0 aliphatic carbocycles. The van der Waals surface area contributed by atoms with E-state index in [0.717, 1.165) is 55.4 Å². The second-order valence-corrected chi connectivity index (χ2v) is 7.93. The summed E-state index contributed by atoms with van der Waals surface area (Å²) in [6.45, 7) is 4.07. The van der Waals surface area contributed by atoms with E-state index in [0.29, 0.717) is 6.61 Å². The molecule has 6 heteroatoms. The van der Waals surface area contributed by atoms with E-state index in [9.17, 15) is 4.39 Å². The number of ether oxygens (including phenoxy) is 2. The lowest BCUT2D eigenvalue weighted by atomic mass is 10.0. The van der Waals surface area contributed by atoms with Crippen LogP contribution in [0.2, 0.25) is 0 Å². The van der Waals surface area contributed by atoms with E-state index in [2.05, 4.69) is 26.6 Å². The molecule has 1 saturated heterocycles. The molecular formula is C23H24FN3O2. The van der Waals surface area contributed by atoms with Crippen molar-refractivity contribution in [2.45, 2.75) is 31.7 Å². The van der Waals surface area contributed by atoms with Crippen LogP contribution in [0.4, 0.5) is 4.39 Å². The zero-order chi connectivity index (χ0) is 19.8. The normalized spacial score (nSPS) is 21.4. The molecule has 1 aromatic heterocycles. The van der Waals surface area contributed by atoms with E-state index in [1.807, 2.05) is 30.5 Å². The Hall–Kier alpha value is -2.70. The van der Waals surface area contributed by atoms with Crippen molar-refractivity contribution in [2.75, 3.05) is 20.2 Å². The predicted molar refractivity (Wildman–Crippen MR) is 108 cm³/mol. The third-order valence-corrected chi connectivity index (χ3v) is 5.99. The minimum Gasteiger partial charge on any atom is -0.497 e. The third kappa shape index (κ3) is 3.54. The number of imidazole rings is 1. The number of benzene rings is 2. The van der Waals surface area contributed by atoms with Crippen molar-refractivity contribution in [1.82, 2.24) is 14.5 Å². The standard InChI is InChI=1S/C23H24FN3O2/c1-28-20-8-2-17(3-9-20)13-26-11-10-23(15-26)16-27-21(12-25-22(27)14-29-23)18-4-6-19(24)7-5-18/h2-9,12H,10-11,13-16H2,1H3. The first-order valence-corrected chi connectivity index (χ1v) is 9.94. The summed E-state index contributed by atoms with van der Waals surface area (Å²) in [5.74, 6) is 1.59. The van der Waals surface area contributed by atoms with E-state index >= 15 is 0 Å². The molecule has 1 atom stereocenters. The fraction of sp³-hybridized carbons (Fsp3) is 0.348. The lowest BCUT2D eigenvalue weighted by molar-refractivity contribution is -0.0821. The summed E-state index contributed by atoms with van der Waals surface area (Å²) < 4.78 is 27.1. The molecule has 1 spiro atoms. The maximum absolute atomic E-state index is 13.3. The maximum atomic E-state index is 13.3.